The maximum Gasteiger partial charge on any atom is 0.107 e. The van der Waals surface area contributed by atoms with Gasteiger partial charge in [0.1, 0.15) is 5.01 Å². The zero-order valence-corrected chi connectivity index (χ0v) is 8.96. The second-order valence-corrected chi connectivity index (χ2v) is 5.12. The minimum atomic E-state index is 0.762. The number of fused-ring (bicyclic) bond motifs is 2. The number of rotatable bonds is 2. The quantitative estimate of drug-likeness (QED) is 0.790. The highest BCUT2D eigenvalue weighted by Gasteiger charge is 2.36. The standard InChI is InChI=1S/C10H15N3S/c1-2-9-6-11-5-8(1)13(9)7-10-12-3-4-14-10/h3-4,8-9,11H,1-2,5-7H2. The van der Waals surface area contributed by atoms with Gasteiger partial charge in [-0.2, -0.15) is 0 Å². The number of piperazine rings is 1. The summed E-state index contributed by atoms with van der Waals surface area (Å²) in [4.78, 5) is 7.00. The molecule has 2 aliphatic rings. The van der Waals surface area contributed by atoms with Crippen molar-refractivity contribution in [3.05, 3.63) is 16.6 Å². The van der Waals surface area contributed by atoms with Crippen LogP contribution in [0, 0.1) is 0 Å². The van der Waals surface area contributed by atoms with Crippen LogP contribution in [0.4, 0.5) is 0 Å². The molecule has 1 aromatic heterocycles. The van der Waals surface area contributed by atoms with E-state index < -0.39 is 0 Å². The van der Waals surface area contributed by atoms with Crippen LogP contribution < -0.4 is 5.32 Å². The summed E-state index contributed by atoms with van der Waals surface area (Å²) in [6.07, 6.45) is 4.64. The molecule has 0 radical (unpaired) electrons. The van der Waals surface area contributed by atoms with Crippen LogP contribution in [-0.2, 0) is 6.54 Å². The number of hydrogen-bond acceptors (Lipinski definition) is 4. The molecule has 76 valence electrons. The second kappa shape index (κ2) is 3.61. The van der Waals surface area contributed by atoms with Gasteiger partial charge in [-0.15, -0.1) is 11.3 Å². The first-order chi connectivity index (χ1) is 6.93. The summed E-state index contributed by atoms with van der Waals surface area (Å²) < 4.78 is 0. The van der Waals surface area contributed by atoms with Gasteiger partial charge in [0.2, 0.25) is 0 Å². The molecule has 2 saturated heterocycles. The first-order valence-corrected chi connectivity index (χ1v) is 6.16. The summed E-state index contributed by atoms with van der Waals surface area (Å²) in [5, 5.41) is 6.83. The van der Waals surface area contributed by atoms with E-state index >= 15 is 0 Å². The van der Waals surface area contributed by atoms with E-state index in [1.165, 1.54) is 30.9 Å². The molecule has 3 nitrogen and oxygen atoms in total. The molecule has 2 fully saturated rings. The molecule has 0 amide bonds. The molecule has 2 bridgehead atoms. The van der Waals surface area contributed by atoms with E-state index in [0.717, 1.165) is 18.6 Å². The number of thiazole rings is 1. The zero-order chi connectivity index (χ0) is 9.38. The Labute approximate surface area is 88.1 Å². The van der Waals surface area contributed by atoms with Gasteiger partial charge in [-0.1, -0.05) is 0 Å². The Morgan fingerprint density at radius 3 is 2.86 bits per heavy atom. The molecule has 4 heteroatoms. The van der Waals surface area contributed by atoms with E-state index in [2.05, 4.69) is 20.6 Å². The number of nitrogens with one attached hydrogen (secondary N) is 1. The van der Waals surface area contributed by atoms with Crippen molar-refractivity contribution in [1.82, 2.24) is 15.2 Å². The van der Waals surface area contributed by atoms with E-state index in [0.29, 0.717) is 0 Å². The van der Waals surface area contributed by atoms with Crippen molar-refractivity contribution in [2.45, 2.75) is 31.5 Å². The van der Waals surface area contributed by atoms with Gasteiger partial charge < -0.3 is 5.32 Å². The fourth-order valence-corrected chi connectivity index (χ4v) is 3.24. The normalized spacial score (nSPS) is 32.3. The molecule has 0 aliphatic carbocycles. The average Bonchev–Trinajstić information content (AvgIpc) is 2.75. The van der Waals surface area contributed by atoms with Crippen molar-refractivity contribution in [3.63, 3.8) is 0 Å². The maximum absolute atomic E-state index is 4.36. The fraction of sp³-hybridized carbons (Fsp3) is 0.700. The average molecular weight is 209 g/mol. The van der Waals surface area contributed by atoms with Crippen molar-refractivity contribution >= 4 is 11.3 Å². The molecule has 3 heterocycles. The maximum atomic E-state index is 4.36. The van der Waals surface area contributed by atoms with Crippen LogP contribution in [0.3, 0.4) is 0 Å². The molecule has 2 aliphatic heterocycles. The van der Waals surface area contributed by atoms with E-state index in [1.54, 1.807) is 11.3 Å². The lowest BCUT2D eigenvalue weighted by Gasteiger charge is -2.34. The van der Waals surface area contributed by atoms with Crippen LogP contribution in [0.2, 0.25) is 0 Å². The van der Waals surface area contributed by atoms with E-state index in [-0.39, 0.29) is 0 Å². The summed E-state index contributed by atoms with van der Waals surface area (Å²) in [5.74, 6) is 0. The highest BCUT2D eigenvalue weighted by Crippen LogP contribution is 2.28. The molecule has 0 aromatic carbocycles. The first kappa shape index (κ1) is 8.83. The van der Waals surface area contributed by atoms with Gasteiger partial charge >= 0.3 is 0 Å². The Morgan fingerprint density at radius 1 is 1.43 bits per heavy atom. The predicted molar refractivity (Wildman–Crippen MR) is 57.3 cm³/mol. The van der Waals surface area contributed by atoms with Crippen molar-refractivity contribution in [2.75, 3.05) is 13.1 Å². The second-order valence-electron chi connectivity index (χ2n) is 4.14. The van der Waals surface area contributed by atoms with Crippen molar-refractivity contribution in [3.8, 4) is 0 Å². The fourth-order valence-electron chi connectivity index (χ4n) is 2.62. The molecule has 2 atom stereocenters. The Kier molecular flexibility index (Phi) is 2.27. The minimum absolute atomic E-state index is 0.762. The van der Waals surface area contributed by atoms with Crippen LogP contribution in [0.5, 0.6) is 0 Å². The van der Waals surface area contributed by atoms with E-state index in [4.69, 9.17) is 0 Å². The number of nitrogens with zero attached hydrogens (tertiary/aromatic N) is 2. The third kappa shape index (κ3) is 1.47. The summed E-state index contributed by atoms with van der Waals surface area (Å²) in [7, 11) is 0. The molecular weight excluding hydrogens is 194 g/mol. The molecule has 1 aromatic rings. The molecule has 2 unspecified atom stereocenters. The van der Waals surface area contributed by atoms with Gasteiger partial charge in [-0.3, -0.25) is 4.90 Å². The van der Waals surface area contributed by atoms with E-state index in [1.807, 2.05) is 6.20 Å². The van der Waals surface area contributed by atoms with Crippen molar-refractivity contribution < 1.29 is 0 Å². The Hall–Kier alpha value is -0.450. The van der Waals surface area contributed by atoms with Gasteiger partial charge in [0, 0.05) is 36.8 Å². The van der Waals surface area contributed by atoms with Crippen LogP contribution in [0.15, 0.2) is 11.6 Å². The summed E-state index contributed by atoms with van der Waals surface area (Å²) in [6, 6.07) is 1.52. The Morgan fingerprint density at radius 2 is 2.21 bits per heavy atom. The van der Waals surface area contributed by atoms with Gasteiger partial charge in [0.25, 0.3) is 0 Å². The largest absolute Gasteiger partial charge is 0.314 e. The Bertz CT molecular complexity index is 282. The molecule has 1 N–H and O–H groups in total. The molecular formula is C10H15N3S. The molecule has 0 saturated carbocycles. The molecule has 3 rings (SSSR count). The van der Waals surface area contributed by atoms with Gasteiger partial charge in [0.15, 0.2) is 0 Å². The monoisotopic (exact) mass is 209 g/mol. The summed E-state index contributed by atoms with van der Waals surface area (Å²) >= 11 is 1.78. The molecule has 14 heavy (non-hydrogen) atoms. The summed E-state index contributed by atoms with van der Waals surface area (Å²) in [6.45, 7) is 3.40. The van der Waals surface area contributed by atoms with Gasteiger partial charge in [-0.05, 0) is 12.8 Å². The van der Waals surface area contributed by atoms with Crippen molar-refractivity contribution in [1.29, 1.82) is 0 Å². The predicted octanol–water partition coefficient (Wildman–Crippen LogP) is 1.08. The number of aromatic nitrogens is 1. The Balaban J connectivity index is 1.73. The minimum Gasteiger partial charge on any atom is -0.314 e. The van der Waals surface area contributed by atoms with Crippen LogP contribution in [0.1, 0.15) is 17.8 Å². The van der Waals surface area contributed by atoms with Gasteiger partial charge in [0.05, 0.1) is 6.54 Å². The lowest BCUT2D eigenvalue weighted by atomic mass is 10.2. The highest BCUT2D eigenvalue weighted by atomic mass is 32.1. The topological polar surface area (TPSA) is 28.2 Å². The number of hydrogen-bond donors (Lipinski definition) is 1. The zero-order valence-electron chi connectivity index (χ0n) is 8.15. The SMILES string of the molecule is c1csc(CN2C3CCC2CNC3)n1. The van der Waals surface area contributed by atoms with Crippen molar-refractivity contribution in [2.24, 2.45) is 0 Å². The third-order valence-electron chi connectivity index (χ3n) is 3.33. The lowest BCUT2D eigenvalue weighted by Crippen LogP contribution is -2.51. The van der Waals surface area contributed by atoms with E-state index in [9.17, 15) is 0 Å². The van der Waals surface area contributed by atoms with Gasteiger partial charge in [-0.25, -0.2) is 4.98 Å². The first-order valence-electron chi connectivity index (χ1n) is 5.28. The lowest BCUT2D eigenvalue weighted by molar-refractivity contribution is 0.145. The van der Waals surface area contributed by atoms with Crippen LogP contribution >= 0.6 is 11.3 Å². The van der Waals surface area contributed by atoms with Crippen LogP contribution in [-0.4, -0.2) is 35.1 Å². The highest BCUT2D eigenvalue weighted by molar-refractivity contribution is 7.09. The van der Waals surface area contributed by atoms with Crippen LogP contribution in [0.25, 0.3) is 0 Å². The molecule has 0 spiro atoms. The smallest absolute Gasteiger partial charge is 0.107 e. The third-order valence-corrected chi connectivity index (χ3v) is 4.10. The summed E-state index contributed by atoms with van der Waals surface area (Å²) in [5.41, 5.74) is 0.